The summed E-state index contributed by atoms with van der Waals surface area (Å²) in [5.74, 6) is -0.808. The molecule has 0 spiro atoms. The van der Waals surface area contributed by atoms with Crippen molar-refractivity contribution in [3.8, 4) is 5.75 Å². The number of carbonyl (C=O) groups is 2. The van der Waals surface area contributed by atoms with Crippen LogP contribution < -0.4 is 11.1 Å². The van der Waals surface area contributed by atoms with Crippen LogP contribution in [0.5, 0.6) is 5.75 Å². The van der Waals surface area contributed by atoms with Gasteiger partial charge in [-0.2, -0.15) is 0 Å². The first kappa shape index (κ1) is 13.1. The van der Waals surface area contributed by atoms with Gasteiger partial charge in [-0.15, -0.1) is 0 Å². The maximum atomic E-state index is 11.0. The van der Waals surface area contributed by atoms with Crippen LogP contribution in [-0.2, 0) is 11.2 Å². The van der Waals surface area contributed by atoms with Crippen molar-refractivity contribution < 1.29 is 19.8 Å². The minimum atomic E-state index is -1.34. The van der Waals surface area contributed by atoms with E-state index in [9.17, 15) is 9.59 Å². The number of hydrogen-bond acceptors (Lipinski definition) is 3. The van der Waals surface area contributed by atoms with Gasteiger partial charge in [-0.25, -0.2) is 4.79 Å². The molecule has 2 amide bonds. The van der Waals surface area contributed by atoms with Crippen LogP contribution in [0.3, 0.4) is 0 Å². The third kappa shape index (κ3) is 3.84. The number of amides is 2. The Balaban J connectivity index is 2.86. The molecule has 0 bridgehead atoms. The Morgan fingerprint density at radius 2 is 2.12 bits per heavy atom. The molecule has 0 aliphatic rings. The first-order chi connectivity index (χ1) is 7.90. The summed E-state index contributed by atoms with van der Waals surface area (Å²) in [6.07, 6.45) is -1.32. The number of phenolic OH excluding ortho intramolecular Hbond substituents is 1. The van der Waals surface area contributed by atoms with Gasteiger partial charge in [0.1, 0.15) is 11.8 Å². The van der Waals surface area contributed by atoms with E-state index in [1.165, 1.54) is 18.2 Å². The minimum absolute atomic E-state index is 0.0134. The van der Waals surface area contributed by atoms with Gasteiger partial charge in [0.05, 0.1) is 0 Å². The van der Waals surface area contributed by atoms with E-state index in [2.05, 4.69) is 0 Å². The Kier molecular flexibility index (Phi) is 4.17. The molecule has 0 aliphatic carbocycles. The van der Waals surface area contributed by atoms with E-state index >= 15 is 0 Å². The number of aromatic hydroxyl groups is 1. The van der Waals surface area contributed by atoms with E-state index in [1.54, 1.807) is 0 Å². The van der Waals surface area contributed by atoms with Crippen molar-refractivity contribution in [1.82, 2.24) is 5.32 Å². The molecule has 0 heterocycles. The van der Waals surface area contributed by atoms with Crippen LogP contribution in [0.4, 0.5) is 4.79 Å². The SMILES string of the molecule is NC(=O)C(Cc1ccc(O)cc1Cl)NC(=O)O. The van der Waals surface area contributed by atoms with Crippen LogP contribution in [0.15, 0.2) is 18.2 Å². The molecule has 6 nitrogen and oxygen atoms in total. The molecule has 1 aromatic rings. The standard InChI is InChI=1S/C10H11ClN2O4/c11-7-4-6(14)2-1-5(7)3-8(9(12)15)13-10(16)17/h1-2,4,8,13-14H,3H2,(H2,12,15)(H,16,17). The van der Waals surface area contributed by atoms with E-state index in [-0.39, 0.29) is 17.2 Å². The van der Waals surface area contributed by atoms with Gasteiger partial charge in [0.25, 0.3) is 0 Å². The van der Waals surface area contributed by atoms with Crippen molar-refractivity contribution in [2.24, 2.45) is 5.73 Å². The van der Waals surface area contributed by atoms with Crippen LogP contribution in [0.25, 0.3) is 0 Å². The predicted molar refractivity (Wildman–Crippen MR) is 61.0 cm³/mol. The lowest BCUT2D eigenvalue weighted by atomic mass is 10.1. The summed E-state index contributed by atoms with van der Waals surface area (Å²) >= 11 is 5.83. The molecule has 0 saturated carbocycles. The average Bonchev–Trinajstić information content (AvgIpc) is 2.19. The van der Waals surface area contributed by atoms with Crippen molar-refractivity contribution >= 4 is 23.6 Å². The molecule has 1 aromatic carbocycles. The van der Waals surface area contributed by atoms with Crippen LogP contribution in [0, 0.1) is 0 Å². The maximum Gasteiger partial charge on any atom is 0.405 e. The van der Waals surface area contributed by atoms with Crippen molar-refractivity contribution in [2.45, 2.75) is 12.5 Å². The topological polar surface area (TPSA) is 113 Å². The summed E-state index contributed by atoms with van der Waals surface area (Å²) in [7, 11) is 0. The number of benzene rings is 1. The van der Waals surface area contributed by atoms with E-state index < -0.39 is 18.0 Å². The molecule has 1 unspecified atom stereocenters. The molecule has 1 rings (SSSR count). The van der Waals surface area contributed by atoms with Crippen molar-refractivity contribution in [2.75, 3.05) is 0 Å². The Morgan fingerprint density at radius 3 is 2.59 bits per heavy atom. The van der Waals surface area contributed by atoms with Crippen LogP contribution >= 0.6 is 11.6 Å². The smallest absolute Gasteiger partial charge is 0.405 e. The van der Waals surface area contributed by atoms with Gasteiger partial charge >= 0.3 is 6.09 Å². The highest BCUT2D eigenvalue weighted by Gasteiger charge is 2.19. The molecular formula is C10H11ClN2O4. The van der Waals surface area contributed by atoms with E-state index in [1.807, 2.05) is 5.32 Å². The highest BCUT2D eigenvalue weighted by Crippen LogP contribution is 2.22. The summed E-state index contributed by atoms with van der Waals surface area (Å²) in [4.78, 5) is 21.5. The molecule has 0 fully saturated rings. The predicted octanol–water partition coefficient (Wildman–Crippen LogP) is 0.710. The third-order valence-corrected chi connectivity index (χ3v) is 2.45. The van der Waals surface area contributed by atoms with Crippen LogP contribution in [0.1, 0.15) is 5.56 Å². The first-order valence-corrected chi connectivity index (χ1v) is 5.04. The second kappa shape index (κ2) is 5.40. The monoisotopic (exact) mass is 258 g/mol. The second-order valence-corrected chi connectivity index (χ2v) is 3.79. The first-order valence-electron chi connectivity index (χ1n) is 4.66. The number of nitrogens with one attached hydrogen (secondary N) is 1. The van der Waals surface area contributed by atoms with Gasteiger partial charge in [-0.05, 0) is 17.7 Å². The minimum Gasteiger partial charge on any atom is -0.508 e. The number of rotatable bonds is 4. The number of phenols is 1. The lowest BCUT2D eigenvalue weighted by Crippen LogP contribution is -2.45. The molecular weight excluding hydrogens is 248 g/mol. The van der Waals surface area contributed by atoms with E-state index in [0.29, 0.717) is 5.56 Å². The molecule has 7 heteroatoms. The third-order valence-electron chi connectivity index (χ3n) is 2.10. The zero-order chi connectivity index (χ0) is 13.0. The maximum absolute atomic E-state index is 11.0. The van der Waals surface area contributed by atoms with Gasteiger partial charge in [0.15, 0.2) is 0 Å². The van der Waals surface area contributed by atoms with E-state index in [4.69, 9.17) is 27.5 Å². The van der Waals surface area contributed by atoms with Gasteiger partial charge in [0.2, 0.25) is 5.91 Å². The quantitative estimate of drug-likeness (QED) is 0.637. The summed E-state index contributed by atoms with van der Waals surface area (Å²) in [6.45, 7) is 0. The summed E-state index contributed by atoms with van der Waals surface area (Å²) in [5, 5.41) is 19.9. The molecule has 5 N–H and O–H groups in total. The largest absolute Gasteiger partial charge is 0.508 e. The normalized spacial score (nSPS) is 11.8. The van der Waals surface area contributed by atoms with Crippen LogP contribution in [0.2, 0.25) is 5.02 Å². The number of hydrogen-bond donors (Lipinski definition) is 4. The Hall–Kier alpha value is -1.95. The Bertz CT molecular complexity index is 450. The number of carbonyl (C=O) groups excluding carboxylic acids is 1. The fraction of sp³-hybridized carbons (Fsp3) is 0.200. The van der Waals surface area contributed by atoms with Gasteiger partial charge in [-0.3, -0.25) is 4.79 Å². The molecule has 17 heavy (non-hydrogen) atoms. The molecule has 0 aromatic heterocycles. The van der Waals surface area contributed by atoms with E-state index in [0.717, 1.165) is 0 Å². The number of carboxylic acid groups (broad SMARTS) is 1. The van der Waals surface area contributed by atoms with Gasteiger partial charge in [-0.1, -0.05) is 17.7 Å². The Morgan fingerprint density at radius 1 is 1.47 bits per heavy atom. The molecule has 0 radical (unpaired) electrons. The fourth-order valence-corrected chi connectivity index (χ4v) is 1.55. The highest BCUT2D eigenvalue weighted by molar-refractivity contribution is 6.31. The molecule has 1 atom stereocenters. The fourth-order valence-electron chi connectivity index (χ4n) is 1.29. The average molecular weight is 259 g/mol. The van der Waals surface area contributed by atoms with Crippen molar-refractivity contribution in [3.63, 3.8) is 0 Å². The molecule has 92 valence electrons. The molecule has 0 aliphatic heterocycles. The highest BCUT2D eigenvalue weighted by atomic mass is 35.5. The van der Waals surface area contributed by atoms with Crippen molar-refractivity contribution in [3.05, 3.63) is 28.8 Å². The zero-order valence-electron chi connectivity index (χ0n) is 8.68. The summed E-state index contributed by atoms with van der Waals surface area (Å²) in [6, 6.07) is 3.13. The van der Waals surface area contributed by atoms with Crippen LogP contribution in [-0.4, -0.2) is 28.3 Å². The number of nitrogens with two attached hydrogens (primary N) is 1. The Labute approximate surface area is 102 Å². The van der Waals surface area contributed by atoms with Gasteiger partial charge < -0.3 is 21.3 Å². The van der Waals surface area contributed by atoms with Crippen molar-refractivity contribution in [1.29, 1.82) is 0 Å². The number of primary amides is 1. The molecule has 0 saturated heterocycles. The summed E-state index contributed by atoms with van der Waals surface area (Å²) in [5.41, 5.74) is 5.57. The zero-order valence-corrected chi connectivity index (χ0v) is 9.44. The lowest BCUT2D eigenvalue weighted by molar-refractivity contribution is -0.119. The summed E-state index contributed by atoms with van der Waals surface area (Å²) < 4.78 is 0. The lowest BCUT2D eigenvalue weighted by Gasteiger charge is -2.14. The number of halogens is 1. The second-order valence-electron chi connectivity index (χ2n) is 3.38. The van der Waals surface area contributed by atoms with Gasteiger partial charge in [0, 0.05) is 11.4 Å².